The Morgan fingerprint density at radius 1 is 1.16 bits per heavy atom. The third kappa shape index (κ3) is 3.23. The van der Waals surface area contributed by atoms with Crippen LogP contribution in [0, 0.1) is 6.92 Å². The number of hydrogen-bond acceptors (Lipinski definition) is 7. The van der Waals surface area contributed by atoms with E-state index in [1.807, 2.05) is 31.2 Å². The molecule has 3 aromatic rings. The van der Waals surface area contributed by atoms with Gasteiger partial charge >= 0.3 is 0 Å². The van der Waals surface area contributed by atoms with Gasteiger partial charge in [-0.3, -0.25) is 14.0 Å². The lowest BCUT2D eigenvalue weighted by Crippen LogP contribution is -2.39. The van der Waals surface area contributed by atoms with Crippen LogP contribution in [0.4, 0.5) is 11.4 Å². The van der Waals surface area contributed by atoms with Gasteiger partial charge in [-0.15, -0.1) is 0 Å². The molecule has 31 heavy (non-hydrogen) atoms. The van der Waals surface area contributed by atoms with Gasteiger partial charge in [0.1, 0.15) is 5.75 Å². The Bertz CT molecular complexity index is 1290. The van der Waals surface area contributed by atoms with E-state index in [4.69, 9.17) is 9.26 Å². The molecule has 2 aliphatic rings. The van der Waals surface area contributed by atoms with Crippen LogP contribution >= 0.6 is 0 Å². The molecule has 1 aromatic heterocycles. The Balaban J connectivity index is 1.55. The predicted octanol–water partition coefficient (Wildman–Crippen LogP) is 2.44. The molecular formula is C21H20N4O5S. The van der Waals surface area contributed by atoms with E-state index in [-0.39, 0.29) is 30.0 Å². The largest absolute Gasteiger partial charge is 0.482 e. The van der Waals surface area contributed by atoms with Crippen LogP contribution < -0.4 is 13.9 Å². The number of para-hydroxylation sites is 1. The van der Waals surface area contributed by atoms with E-state index < -0.39 is 10.0 Å². The fourth-order valence-electron chi connectivity index (χ4n) is 4.08. The highest BCUT2D eigenvalue weighted by Gasteiger charge is 2.37. The summed E-state index contributed by atoms with van der Waals surface area (Å²) in [5.74, 6) is 0.820. The number of benzene rings is 2. The van der Waals surface area contributed by atoms with Crippen LogP contribution in [0.1, 0.15) is 24.2 Å². The molecule has 0 spiro atoms. The molecule has 0 fully saturated rings. The zero-order valence-electron chi connectivity index (χ0n) is 17.0. The maximum Gasteiger partial charge on any atom is 0.265 e. The number of aromatic nitrogens is 2. The fraction of sp³-hybridized carbons (Fsp3) is 0.286. The number of fused-ring (bicyclic) bond motifs is 2. The van der Waals surface area contributed by atoms with Crippen molar-refractivity contribution in [3.63, 3.8) is 0 Å². The average molecular weight is 440 g/mol. The van der Waals surface area contributed by atoms with Crippen molar-refractivity contribution in [2.45, 2.75) is 37.8 Å². The first-order valence-electron chi connectivity index (χ1n) is 9.83. The zero-order chi connectivity index (χ0) is 21.8. The van der Waals surface area contributed by atoms with Crippen molar-refractivity contribution < 1.29 is 22.5 Å². The molecule has 0 aliphatic carbocycles. The van der Waals surface area contributed by atoms with Gasteiger partial charge in [0.15, 0.2) is 12.4 Å². The van der Waals surface area contributed by atoms with Gasteiger partial charge in [0.2, 0.25) is 5.89 Å². The van der Waals surface area contributed by atoms with Crippen LogP contribution in [0.15, 0.2) is 51.9 Å². The van der Waals surface area contributed by atoms with E-state index in [0.29, 0.717) is 35.3 Å². The van der Waals surface area contributed by atoms with Gasteiger partial charge < -0.3 is 9.26 Å². The van der Waals surface area contributed by atoms with Crippen molar-refractivity contribution in [3.8, 4) is 5.75 Å². The van der Waals surface area contributed by atoms with E-state index in [2.05, 4.69) is 10.1 Å². The van der Waals surface area contributed by atoms with Gasteiger partial charge in [-0.1, -0.05) is 23.4 Å². The first-order chi connectivity index (χ1) is 14.8. The maximum atomic E-state index is 13.6. The lowest BCUT2D eigenvalue weighted by molar-refractivity contribution is -0.121. The smallest absolute Gasteiger partial charge is 0.265 e. The Kier molecular flexibility index (Phi) is 4.47. The van der Waals surface area contributed by atoms with Crippen LogP contribution in [0.3, 0.4) is 0 Å². The third-order valence-corrected chi connectivity index (χ3v) is 7.37. The summed E-state index contributed by atoms with van der Waals surface area (Å²) in [5.41, 5.74) is 2.03. The van der Waals surface area contributed by atoms with E-state index >= 15 is 0 Å². The van der Waals surface area contributed by atoms with Crippen LogP contribution in [0.25, 0.3) is 0 Å². The normalized spacial score (nSPS) is 18.0. The summed E-state index contributed by atoms with van der Waals surface area (Å²) in [6.45, 7) is 3.45. The van der Waals surface area contributed by atoms with Crippen molar-refractivity contribution in [2.75, 3.05) is 15.8 Å². The summed E-state index contributed by atoms with van der Waals surface area (Å²) >= 11 is 0. The van der Waals surface area contributed by atoms with Gasteiger partial charge in [0, 0.05) is 13.0 Å². The second kappa shape index (κ2) is 7.09. The standard InChI is InChI=1S/C21H20N4O5S/c1-13-9-15-5-3-4-6-17(15)25(13)31(27,28)16-7-8-19-18(10-16)24(21(26)12-29-19)11-20-22-14(2)30-23-20/h3-8,10,13H,9,11-12H2,1-2H3. The van der Waals surface area contributed by atoms with E-state index in [0.717, 1.165) is 5.56 Å². The topological polar surface area (TPSA) is 106 Å². The molecule has 2 aliphatic heterocycles. The molecule has 1 atom stereocenters. The number of rotatable bonds is 4. The number of amides is 1. The van der Waals surface area contributed by atoms with Gasteiger partial charge in [0.25, 0.3) is 15.9 Å². The molecule has 5 rings (SSSR count). The number of sulfonamides is 1. The summed E-state index contributed by atoms with van der Waals surface area (Å²) in [7, 11) is -3.85. The number of aryl methyl sites for hydroxylation is 1. The molecule has 1 amide bonds. The van der Waals surface area contributed by atoms with Crippen molar-refractivity contribution in [3.05, 3.63) is 59.7 Å². The monoisotopic (exact) mass is 440 g/mol. The minimum Gasteiger partial charge on any atom is -0.482 e. The molecule has 0 saturated heterocycles. The van der Waals surface area contributed by atoms with Crippen molar-refractivity contribution in [2.24, 2.45) is 0 Å². The number of carbonyl (C=O) groups excluding carboxylic acids is 1. The fourth-order valence-corrected chi connectivity index (χ4v) is 5.79. The number of nitrogens with zero attached hydrogens (tertiary/aromatic N) is 4. The van der Waals surface area contributed by atoms with E-state index in [9.17, 15) is 13.2 Å². The number of hydrogen-bond donors (Lipinski definition) is 0. The van der Waals surface area contributed by atoms with Crippen molar-refractivity contribution in [1.29, 1.82) is 0 Å². The average Bonchev–Trinajstić information content (AvgIpc) is 3.31. The molecule has 0 N–H and O–H groups in total. The van der Waals surface area contributed by atoms with Crippen LogP contribution in [0.2, 0.25) is 0 Å². The highest BCUT2D eigenvalue weighted by molar-refractivity contribution is 7.92. The highest BCUT2D eigenvalue weighted by Crippen LogP contribution is 2.40. The van der Waals surface area contributed by atoms with Crippen LogP contribution in [-0.2, 0) is 27.8 Å². The Hall–Kier alpha value is -3.40. The van der Waals surface area contributed by atoms with Crippen molar-refractivity contribution in [1.82, 2.24) is 10.1 Å². The van der Waals surface area contributed by atoms with Gasteiger partial charge in [0.05, 0.1) is 22.8 Å². The highest BCUT2D eigenvalue weighted by atomic mass is 32.2. The molecule has 0 saturated carbocycles. The first kappa shape index (κ1) is 19.6. The van der Waals surface area contributed by atoms with Crippen LogP contribution in [0.5, 0.6) is 5.75 Å². The lowest BCUT2D eigenvalue weighted by atomic mass is 10.1. The molecule has 0 bridgehead atoms. The molecule has 10 heteroatoms. The Morgan fingerprint density at radius 2 is 1.97 bits per heavy atom. The minimum atomic E-state index is -3.85. The number of anilines is 2. The van der Waals surface area contributed by atoms with Crippen molar-refractivity contribution >= 4 is 27.3 Å². The summed E-state index contributed by atoms with van der Waals surface area (Å²) in [4.78, 5) is 18.2. The zero-order valence-corrected chi connectivity index (χ0v) is 17.8. The second-order valence-electron chi connectivity index (χ2n) is 7.61. The molecule has 1 unspecified atom stereocenters. The van der Waals surface area contributed by atoms with E-state index in [1.54, 1.807) is 13.0 Å². The predicted molar refractivity (Wildman–Crippen MR) is 111 cm³/mol. The maximum absolute atomic E-state index is 13.6. The third-order valence-electron chi connectivity index (χ3n) is 5.44. The Morgan fingerprint density at radius 3 is 2.74 bits per heavy atom. The Labute approximate surface area is 179 Å². The van der Waals surface area contributed by atoms with Gasteiger partial charge in [-0.25, -0.2) is 8.42 Å². The summed E-state index contributed by atoms with van der Waals surface area (Å²) in [5, 5.41) is 3.84. The molecular weight excluding hydrogens is 420 g/mol. The molecule has 2 aromatic carbocycles. The SMILES string of the molecule is Cc1nc(CN2C(=O)COc3ccc(S(=O)(=O)N4c5ccccc5CC4C)cc32)no1. The first-order valence-corrected chi connectivity index (χ1v) is 11.3. The summed E-state index contributed by atoms with van der Waals surface area (Å²) in [6, 6.07) is 11.8. The number of carbonyl (C=O) groups is 1. The van der Waals surface area contributed by atoms with E-state index in [1.165, 1.54) is 21.3 Å². The summed E-state index contributed by atoms with van der Waals surface area (Å²) < 4.78 is 39.1. The molecule has 160 valence electrons. The second-order valence-corrected chi connectivity index (χ2v) is 9.43. The quantitative estimate of drug-likeness (QED) is 0.613. The molecule has 9 nitrogen and oxygen atoms in total. The molecule has 3 heterocycles. The molecule has 0 radical (unpaired) electrons. The minimum absolute atomic E-state index is 0.0545. The lowest BCUT2D eigenvalue weighted by Gasteiger charge is -2.30. The van der Waals surface area contributed by atoms with Gasteiger partial charge in [-0.2, -0.15) is 4.98 Å². The van der Waals surface area contributed by atoms with Crippen LogP contribution in [-0.4, -0.2) is 37.1 Å². The van der Waals surface area contributed by atoms with Gasteiger partial charge in [-0.05, 0) is 43.2 Å². The summed E-state index contributed by atoms with van der Waals surface area (Å²) in [6.07, 6.45) is 0.644. The number of ether oxygens (including phenoxy) is 1.